The standard InChI is InChI=1S/C46H63NO15/c1-13-32-58-30-20-31-45(22-55-31,61-26(6)49)36-38(60-39(51)27-17-15-14-16-18-27)46(54)21-29(57-40(52)34(50)28(19-23(2)3)47-41(53)62-42(7,8)9)24(4)33(43(46,10)11)35(56-25(5)48)37(59-32)44(30,36)12/h13-18,23,28-32,34-38,50,54H,1,19-22H2,2-12H3,(H,47,53)/t28-,29-,30?,31?,32?,34+,35-,36?,37-,38?,44?,45-,46?/m0/s1. The van der Waals surface area contributed by atoms with Gasteiger partial charge in [-0.2, -0.15) is 0 Å². The van der Waals surface area contributed by atoms with E-state index in [1.807, 2.05) is 20.8 Å². The number of amides is 1. The largest absolute Gasteiger partial charge is 0.456 e. The quantitative estimate of drug-likeness (QED) is 0.154. The van der Waals surface area contributed by atoms with Crippen LogP contribution in [0.1, 0.15) is 106 Å². The molecule has 13 atom stereocenters. The van der Waals surface area contributed by atoms with Crippen molar-refractivity contribution in [2.24, 2.45) is 22.7 Å². The van der Waals surface area contributed by atoms with E-state index in [1.165, 1.54) is 19.9 Å². The predicted molar refractivity (Wildman–Crippen MR) is 220 cm³/mol. The molecular formula is C46H63NO15. The lowest BCUT2D eigenvalue weighted by atomic mass is 9.44. The minimum Gasteiger partial charge on any atom is -0.456 e. The average molecular weight is 870 g/mol. The Hall–Kier alpha value is -4.35. The molecule has 1 amide bonds. The molecule has 2 aliphatic heterocycles. The summed E-state index contributed by atoms with van der Waals surface area (Å²) in [5.41, 5.74) is -6.65. The molecule has 2 saturated carbocycles. The van der Waals surface area contributed by atoms with Gasteiger partial charge in [-0.3, -0.25) is 9.59 Å². The smallest absolute Gasteiger partial charge is 0.407 e. The molecule has 0 aromatic heterocycles. The normalized spacial score (nSPS) is 35.5. The number of nitrogens with one attached hydrogen (secondary N) is 1. The summed E-state index contributed by atoms with van der Waals surface area (Å²) >= 11 is 0. The third kappa shape index (κ3) is 8.28. The van der Waals surface area contributed by atoms with E-state index < -0.39 is 125 Å². The van der Waals surface area contributed by atoms with Crippen molar-refractivity contribution in [1.82, 2.24) is 5.32 Å². The second kappa shape index (κ2) is 17.0. The molecule has 4 fully saturated rings. The molecule has 62 heavy (non-hydrogen) atoms. The number of aliphatic hydroxyl groups excluding tert-OH is 1. The van der Waals surface area contributed by atoms with Crippen LogP contribution in [-0.2, 0) is 52.3 Å². The number of hydrogen-bond acceptors (Lipinski definition) is 15. The van der Waals surface area contributed by atoms with Gasteiger partial charge in [0.1, 0.15) is 35.6 Å². The number of hydrogen-bond donors (Lipinski definition) is 3. The Morgan fingerprint density at radius 2 is 1.65 bits per heavy atom. The molecule has 6 rings (SSSR count). The molecule has 3 N–H and O–H groups in total. The zero-order chi connectivity index (χ0) is 45.9. The Kier molecular flexibility index (Phi) is 12.9. The number of esters is 4. The monoisotopic (exact) mass is 869 g/mol. The maximum absolute atomic E-state index is 14.4. The molecule has 1 aromatic rings. The molecule has 5 aliphatic rings. The van der Waals surface area contributed by atoms with E-state index in [2.05, 4.69) is 11.9 Å². The Labute approximate surface area is 362 Å². The molecule has 3 aliphatic carbocycles. The summed E-state index contributed by atoms with van der Waals surface area (Å²) < 4.78 is 50.2. The number of ether oxygens (including phenoxy) is 8. The Morgan fingerprint density at radius 1 is 0.984 bits per heavy atom. The minimum absolute atomic E-state index is 0.0926. The van der Waals surface area contributed by atoms with Gasteiger partial charge in [-0.1, -0.05) is 59.4 Å². The van der Waals surface area contributed by atoms with Crippen LogP contribution in [0.15, 0.2) is 54.1 Å². The first-order chi connectivity index (χ1) is 28.8. The molecule has 0 radical (unpaired) electrons. The van der Waals surface area contributed by atoms with Gasteiger partial charge < -0.3 is 53.4 Å². The fourth-order valence-electron chi connectivity index (χ4n) is 10.7. The van der Waals surface area contributed by atoms with Crippen LogP contribution in [0.4, 0.5) is 4.79 Å². The van der Waals surface area contributed by atoms with Crippen LogP contribution in [0, 0.1) is 22.7 Å². The fraction of sp³-hybridized carbons (Fsp3) is 0.674. The molecule has 2 heterocycles. The highest BCUT2D eigenvalue weighted by Crippen LogP contribution is 2.67. The summed E-state index contributed by atoms with van der Waals surface area (Å²) in [5.74, 6) is -4.57. The first-order valence-corrected chi connectivity index (χ1v) is 21.3. The zero-order valence-electron chi connectivity index (χ0n) is 37.6. The van der Waals surface area contributed by atoms with Gasteiger partial charge in [0.25, 0.3) is 0 Å². The number of carbonyl (C=O) groups excluding carboxylic acids is 5. The van der Waals surface area contributed by atoms with Crippen molar-refractivity contribution in [3.05, 3.63) is 59.7 Å². The molecule has 7 unspecified atom stereocenters. The van der Waals surface area contributed by atoms with E-state index in [0.717, 1.165) is 0 Å². The van der Waals surface area contributed by atoms with Crippen molar-refractivity contribution in [2.75, 3.05) is 6.61 Å². The Morgan fingerprint density at radius 3 is 2.19 bits per heavy atom. The van der Waals surface area contributed by atoms with Gasteiger partial charge in [0.2, 0.25) is 0 Å². The summed E-state index contributed by atoms with van der Waals surface area (Å²) in [7, 11) is 0. The Bertz CT molecular complexity index is 1960. The maximum atomic E-state index is 14.4. The summed E-state index contributed by atoms with van der Waals surface area (Å²) in [6, 6.07) is 7.04. The van der Waals surface area contributed by atoms with Gasteiger partial charge in [-0.15, -0.1) is 0 Å². The van der Waals surface area contributed by atoms with Crippen molar-refractivity contribution < 1.29 is 72.1 Å². The van der Waals surface area contributed by atoms with E-state index in [4.69, 9.17) is 37.9 Å². The average Bonchev–Trinajstić information content (AvgIpc) is 3.15. The van der Waals surface area contributed by atoms with Gasteiger partial charge >= 0.3 is 30.0 Å². The molecule has 16 heteroatoms. The van der Waals surface area contributed by atoms with Crippen molar-refractivity contribution in [2.45, 2.75) is 167 Å². The highest BCUT2D eigenvalue weighted by atomic mass is 16.7. The first kappa shape index (κ1) is 47.1. The van der Waals surface area contributed by atoms with Gasteiger partial charge in [-0.05, 0) is 69.4 Å². The summed E-state index contributed by atoms with van der Waals surface area (Å²) in [6.45, 7) is 21.9. The first-order valence-electron chi connectivity index (χ1n) is 21.3. The molecule has 16 nitrogen and oxygen atoms in total. The van der Waals surface area contributed by atoms with Crippen LogP contribution in [0.3, 0.4) is 0 Å². The number of fused-ring (bicyclic) bond motifs is 4. The van der Waals surface area contributed by atoms with Crippen molar-refractivity contribution >= 4 is 30.0 Å². The van der Waals surface area contributed by atoms with Crippen molar-refractivity contribution in [3.8, 4) is 0 Å². The van der Waals surface area contributed by atoms with E-state index in [0.29, 0.717) is 11.1 Å². The highest BCUT2D eigenvalue weighted by molar-refractivity contribution is 5.89. The van der Waals surface area contributed by atoms with Gasteiger partial charge in [0.05, 0.1) is 30.2 Å². The van der Waals surface area contributed by atoms with E-state index >= 15 is 0 Å². The zero-order valence-corrected chi connectivity index (χ0v) is 37.6. The second-order valence-corrected chi connectivity index (χ2v) is 19.5. The number of benzene rings is 1. The summed E-state index contributed by atoms with van der Waals surface area (Å²) in [5, 5.41) is 28.1. The molecule has 342 valence electrons. The number of alkyl carbamates (subject to hydrolysis) is 1. The molecule has 0 spiro atoms. The van der Waals surface area contributed by atoms with Crippen LogP contribution in [0.5, 0.6) is 0 Å². The van der Waals surface area contributed by atoms with Crippen LogP contribution < -0.4 is 5.32 Å². The summed E-state index contributed by atoms with van der Waals surface area (Å²) in [4.78, 5) is 68.1. The van der Waals surface area contributed by atoms with Crippen LogP contribution in [0.25, 0.3) is 0 Å². The highest BCUT2D eigenvalue weighted by Gasteiger charge is 2.79. The maximum Gasteiger partial charge on any atom is 0.407 e. The predicted octanol–water partition coefficient (Wildman–Crippen LogP) is 4.87. The topological polar surface area (TPSA) is 212 Å². The number of rotatable bonds is 11. The van der Waals surface area contributed by atoms with E-state index in [1.54, 1.807) is 71.9 Å². The number of aliphatic hydroxyl groups is 2. The lowest BCUT2D eigenvalue weighted by Crippen LogP contribution is -2.83. The van der Waals surface area contributed by atoms with Gasteiger partial charge in [0.15, 0.2) is 24.1 Å². The van der Waals surface area contributed by atoms with Gasteiger partial charge in [-0.25, -0.2) is 14.4 Å². The molecule has 2 bridgehead atoms. The van der Waals surface area contributed by atoms with E-state index in [9.17, 15) is 34.2 Å². The second-order valence-electron chi connectivity index (χ2n) is 19.5. The minimum atomic E-state index is -2.23. The third-order valence-corrected chi connectivity index (χ3v) is 13.4. The third-order valence-electron chi connectivity index (χ3n) is 13.4. The van der Waals surface area contributed by atoms with Gasteiger partial charge in [0, 0.05) is 37.5 Å². The van der Waals surface area contributed by atoms with Crippen LogP contribution in [0.2, 0.25) is 0 Å². The van der Waals surface area contributed by atoms with E-state index in [-0.39, 0.29) is 30.9 Å². The molecular weight excluding hydrogens is 806 g/mol. The summed E-state index contributed by atoms with van der Waals surface area (Å²) in [6.07, 6.45) is -9.36. The SMILES string of the molecule is C=CC1OC2CC3OC[C@@]3(OC(C)=O)C3C(OC(=O)c4ccccc4)C4(O)C[C@H](OC(=O)[C@H](O)[C@H](CC(C)C)NC(=O)OC(C)(C)C)C(C)=C([C@H](OC(C)=O)[C@H](O1)C23C)C4(C)C. The van der Waals surface area contributed by atoms with Crippen molar-refractivity contribution in [1.29, 1.82) is 0 Å². The van der Waals surface area contributed by atoms with Crippen molar-refractivity contribution in [3.63, 3.8) is 0 Å². The lowest BCUT2D eigenvalue weighted by molar-refractivity contribution is -0.405. The van der Waals surface area contributed by atoms with Crippen LogP contribution in [-0.4, -0.2) is 119 Å². The molecule has 1 aromatic carbocycles. The molecule has 2 saturated heterocycles. The Balaban J connectivity index is 1.57. The van der Waals surface area contributed by atoms with Crippen LogP contribution >= 0.6 is 0 Å². The fourth-order valence-corrected chi connectivity index (χ4v) is 10.7. The lowest BCUT2D eigenvalue weighted by Gasteiger charge is -2.71. The number of carbonyl (C=O) groups is 5.